The van der Waals surface area contributed by atoms with Crippen LogP contribution in [-0.4, -0.2) is 37.5 Å². The Morgan fingerprint density at radius 1 is 1.11 bits per heavy atom. The number of rotatable bonds is 9. The highest BCUT2D eigenvalue weighted by Crippen LogP contribution is 2.31. The SMILES string of the molecule is CCOc1ccc(C2C(C(=O)OCCOC)=C(C)N=c3s/c(=C\C=C\c4ccccc4)c(=O)n32)cc1. The molecule has 0 aliphatic carbocycles. The van der Waals surface area contributed by atoms with E-state index in [2.05, 4.69) is 4.99 Å². The number of carbonyl (C=O) groups is 1. The van der Waals surface area contributed by atoms with Gasteiger partial charge in [-0.05, 0) is 43.2 Å². The number of benzene rings is 2. The van der Waals surface area contributed by atoms with Crippen LogP contribution in [0.25, 0.3) is 12.2 Å². The predicted octanol–water partition coefficient (Wildman–Crippen LogP) is 3.49. The second-order valence-corrected chi connectivity index (χ2v) is 9.01. The largest absolute Gasteiger partial charge is 0.494 e. The average Bonchev–Trinajstić information content (AvgIpc) is 3.19. The molecule has 1 aliphatic heterocycles. The monoisotopic (exact) mass is 504 g/mol. The summed E-state index contributed by atoms with van der Waals surface area (Å²) in [6, 6.07) is 16.6. The Morgan fingerprint density at radius 2 is 1.86 bits per heavy atom. The summed E-state index contributed by atoms with van der Waals surface area (Å²) in [7, 11) is 1.54. The number of hydrogen-bond acceptors (Lipinski definition) is 7. The molecule has 0 amide bonds. The predicted molar refractivity (Wildman–Crippen MR) is 141 cm³/mol. The van der Waals surface area contributed by atoms with Crippen molar-refractivity contribution in [3.05, 3.63) is 103 Å². The Bertz CT molecular complexity index is 1450. The van der Waals surface area contributed by atoms with Crippen LogP contribution in [0.5, 0.6) is 5.75 Å². The molecule has 0 N–H and O–H groups in total. The number of hydrogen-bond donors (Lipinski definition) is 0. The van der Waals surface area contributed by atoms with E-state index < -0.39 is 12.0 Å². The van der Waals surface area contributed by atoms with Gasteiger partial charge in [0.25, 0.3) is 5.56 Å². The molecule has 3 aromatic rings. The molecule has 36 heavy (non-hydrogen) atoms. The van der Waals surface area contributed by atoms with Crippen LogP contribution in [0.15, 0.2) is 81.7 Å². The van der Waals surface area contributed by atoms with Crippen molar-refractivity contribution in [2.24, 2.45) is 4.99 Å². The average molecular weight is 505 g/mol. The van der Waals surface area contributed by atoms with Crippen LogP contribution in [0.2, 0.25) is 0 Å². The van der Waals surface area contributed by atoms with Crippen molar-refractivity contribution in [2.75, 3.05) is 26.9 Å². The van der Waals surface area contributed by atoms with Crippen molar-refractivity contribution in [3.8, 4) is 5.75 Å². The van der Waals surface area contributed by atoms with Gasteiger partial charge in [-0.25, -0.2) is 9.79 Å². The zero-order valence-corrected chi connectivity index (χ0v) is 21.3. The number of nitrogens with zero attached hydrogens (tertiary/aromatic N) is 2. The summed E-state index contributed by atoms with van der Waals surface area (Å²) in [6.07, 6.45) is 5.56. The zero-order chi connectivity index (χ0) is 25.5. The first-order valence-electron chi connectivity index (χ1n) is 11.7. The summed E-state index contributed by atoms with van der Waals surface area (Å²) in [5.41, 5.74) is 2.42. The van der Waals surface area contributed by atoms with Crippen LogP contribution in [0, 0.1) is 0 Å². The highest BCUT2D eigenvalue weighted by atomic mass is 32.1. The maximum Gasteiger partial charge on any atom is 0.338 e. The first kappa shape index (κ1) is 25.3. The Kier molecular flexibility index (Phi) is 8.30. The van der Waals surface area contributed by atoms with E-state index in [0.29, 0.717) is 33.0 Å². The van der Waals surface area contributed by atoms with Gasteiger partial charge >= 0.3 is 5.97 Å². The number of esters is 1. The summed E-state index contributed by atoms with van der Waals surface area (Å²) >= 11 is 1.29. The van der Waals surface area contributed by atoms with Gasteiger partial charge in [0.05, 0.1) is 35.1 Å². The lowest BCUT2D eigenvalue weighted by Gasteiger charge is -2.25. The van der Waals surface area contributed by atoms with E-state index in [1.165, 1.54) is 11.3 Å². The van der Waals surface area contributed by atoms with Gasteiger partial charge in [0, 0.05) is 7.11 Å². The molecule has 2 heterocycles. The molecule has 0 radical (unpaired) electrons. The quantitative estimate of drug-likeness (QED) is 0.329. The van der Waals surface area contributed by atoms with Crippen molar-refractivity contribution < 1.29 is 19.0 Å². The van der Waals surface area contributed by atoms with Gasteiger partial charge in [0.15, 0.2) is 4.80 Å². The van der Waals surface area contributed by atoms with Crippen molar-refractivity contribution in [1.29, 1.82) is 0 Å². The second kappa shape index (κ2) is 11.8. The van der Waals surface area contributed by atoms with E-state index in [0.717, 1.165) is 11.1 Å². The summed E-state index contributed by atoms with van der Waals surface area (Å²) in [5, 5.41) is 0. The Morgan fingerprint density at radius 3 is 2.56 bits per heavy atom. The fraction of sp³-hybridized carbons (Fsp3) is 0.250. The van der Waals surface area contributed by atoms with Gasteiger partial charge in [-0.2, -0.15) is 0 Å². The van der Waals surface area contributed by atoms with Gasteiger partial charge < -0.3 is 14.2 Å². The molecule has 0 fully saturated rings. The van der Waals surface area contributed by atoms with Crippen molar-refractivity contribution in [3.63, 3.8) is 0 Å². The number of methoxy groups -OCH3 is 1. The fourth-order valence-corrected chi connectivity index (χ4v) is 4.93. The molecule has 0 spiro atoms. The lowest BCUT2D eigenvalue weighted by atomic mass is 9.96. The Hall–Kier alpha value is -3.75. The number of thiazole rings is 1. The van der Waals surface area contributed by atoms with Crippen molar-refractivity contribution >= 4 is 29.5 Å². The first-order chi connectivity index (χ1) is 17.5. The minimum absolute atomic E-state index is 0.108. The van der Waals surface area contributed by atoms with Gasteiger partial charge in [0.1, 0.15) is 12.4 Å². The third-order valence-electron chi connectivity index (χ3n) is 5.60. The van der Waals surface area contributed by atoms with E-state index >= 15 is 0 Å². The minimum Gasteiger partial charge on any atom is -0.494 e. The molecule has 7 nitrogen and oxygen atoms in total. The molecule has 8 heteroatoms. The third kappa shape index (κ3) is 5.56. The molecule has 0 bridgehead atoms. The lowest BCUT2D eigenvalue weighted by Crippen LogP contribution is -2.40. The molecular weight excluding hydrogens is 476 g/mol. The first-order valence-corrected chi connectivity index (χ1v) is 12.5. The number of allylic oxidation sites excluding steroid dienone is 2. The van der Waals surface area contributed by atoms with Crippen LogP contribution in [0.3, 0.4) is 0 Å². The minimum atomic E-state index is -0.674. The second-order valence-electron chi connectivity index (χ2n) is 8.00. The van der Waals surface area contributed by atoms with Crippen molar-refractivity contribution in [1.82, 2.24) is 4.57 Å². The highest BCUT2D eigenvalue weighted by Gasteiger charge is 2.33. The fourth-order valence-electron chi connectivity index (χ4n) is 3.93. The molecule has 0 saturated heterocycles. The topological polar surface area (TPSA) is 79.1 Å². The molecule has 2 aromatic carbocycles. The van der Waals surface area contributed by atoms with E-state index in [4.69, 9.17) is 14.2 Å². The van der Waals surface area contributed by atoms with Crippen LogP contribution in [0.4, 0.5) is 0 Å². The molecule has 1 atom stereocenters. The van der Waals surface area contributed by atoms with Gasteiger partial charge in [-0.15, -0.1) is 0 Å². The third-order valence-corrected chi connectivity index (χ3v) is 6.61. The number of carbonyl (C=O) groups excluding carboxylic acids is 1. The summed E-state index contributed by atoms with van der Waals surface area (Å²) in [4.78, 5) is 31.9. The Balaban J connectivity index is 1.79. The Labute approximate surface area is 213 Å². The summed E-state index contributed by atoms with van der Waals surface area (Å²) in [6.45, 7) is 4.61. The molecule has 0 saturated carbocycles. The number of fused-ring (bicyclic) bond motifs is 1. The highest BCUT2D eigenvalue weighted by molar-refractivity contribution is 7.07. The van der Waals surface area contributed by atoms with Crippen LogP contribution >= 0.6 is 11.3 Å². The van der Waals surface area contributed by atoms with Crippen molar-refractivity contribution in [2.45, 2.75) is 19.9 Å². The molecular formula is C28H28N2O5S. The van der Waals surface area contributed by atoms with Crippen LogP contribution in [-0.2, 0) is 14.3 Å². The van der Waals surface area contributed by atoms with Gasteiger partial charge in [0.2, 0.25) is 0 Å². The molecule has 4 rings (SSSR count). The smallest absolute Gasteiger partial charge is 0.338 e. The van der Waals surface area contributed by atoms with E-state index in [-0.39, 0.29) is 18.8 Å². The maximum atomic E-state index is 13.6. The van der Waals surface area contributed by atoms with Crippen LogP contribution < -0.4 is 19.6 Å². The normalized spacial score (nSPS) is 15.6. The standard InChI is InChI=1S/C28H28N2O5S/c1-4-34-22-15-13-21(14-16-22)25-24(27(32)35-18-17-33-3)19(2)29-28-30(25)26(31)23(36-28)12-8-11-20-9-6-5-7-10-20/h5-16,25H,4,17-18H2,1-3H3/b11-8+,23-12-. The molecule has 186 valence electrons. The molecule has 1 unspecified atom stereocenters. The van der Waals surface area contributed by atoms with Gasteiger partial charge in [-0.3, -0.25) is 9.36 Å². The van der Waals surface area contributed by atoms with E-state index in [1.54, 1.807) is 24.7 Å². The lowest BCUT2D eigenvalue weighted by molar-refractivity contribution is -0.140. The maximum absolute atomic E-state index is 13.6. The van der Waals surface area contributed by atoms with E-state index in [9.17, 15) is 9.59 Å². The number of aromatic nitrogens is 1. The summed E-state index contributed by atoms with van der Waals surface area (Å²) in [5.74, 6) is 0.190. The van der Waals surface area contributed by atoms with E-state index in [1.807, 2.05) is 73.7 Å². The van der Waals surface area contributed by atoms with Gasteiger partial charge in [-0.1, -0.05) is 66.0 Å². The zero-order valence-electron chi connectivity index (χ0n) is 20.5. The molecule has 1 aromatic heterocycles. The number of ether oxygens (including phenoxy) is 3. The summed E-state index contributed by atoms with van der Waals surface area (Å²) < 4.78 is 18.1. The molecule has 1 aliphatic rings. The van der Waals surface area contributed by atoms with Crippen LogP contribution in [0.1, 0.15) is 31.0 Å².